The van der Waals surface area contributed by atoms with Gasteiger partial charge in [-0.15, -0.1) is 0 Å². The van der Waals surface area contributed by atoms with Gasteiger partial charge in [0.25, 0.3) is 0 Å². The molecule has 1 amide bonds. The molecule has 0 radical (unpaired) electrons. The molecule has 0 aliphatic heterocycles. The fraction of sp³-hybridized carbons (Fsp3) is 0.304. The van der Waals surface area contributed by atoms with Crippen LogP contribution in [-0.4, -0.2) is 32.2 Å². The number of aromatic nitrogens is 1. The summed E-state index contributed by atoms with van der Waals surface area (Å²) in [6.07, 6.45) is 0. The van der Waals surface area contributed by atoms with Crippen LogP contribution < -0.4 is 10.1 Å². The molecule has 3 rings (SSSR count). The molecule has 0 unspecified atom stereocenters. The largest absolute Gasteiger partial charge is 0.497 e. The Morgan fingerprint density at radius 2 is 1.77 bits per heavy atom. The van der Waals surface area contributed by atoms with Crippen LogP contribution in [0.1, 0.15) is 28.1 Å². The van der Waals surface area contributed by atoms with Gasteiger partial charge in [-0.25, -0.2) is 13.4 Å². The molecule has 0 aliphatic carbocycles. The van der Waals surface area contributed by atoms with E-state index in [1.807, 2.05) is 32.9 Å². The molecule has 0 saturated carbocycles. The van der Waals surface area contributed by atoms with Gasteiger partial charge in [0.05, 0.1) is 18.6 Å². The molecule has 0 saturated heterocycles. The number of ether oxygens (including phenoxy) is 1. The lowest BCUT2D eigenvalue weighted by molar-refractivity contribution is -0.113. The lowest BCUT2D eigenvalue weighted by Crippen LogP contribution is -2.25. The first-order chi connectivity index (χ1) is 14.6. The maximum atomic E-state index is 12.7. The van der Waals surface area contributed by atoms with Gasteiger partial charge in [-0.2, -0.15) is 0 Å². The van der Waals surface area contributed by atoms with Crippen LogP contribution in [0.3, 0.4) is 0 Å². The lowest BCUT2D eigenvalue weighted by Gasteiger charge is -2.13. The van der Waals surface area contributed by atoms with Crippen LogP contribution in [0.15, 0.2) is 40.8 Å². The summed E-state index contributed by atoms with van der Waals surface area (Å²) in [7, 11) is -2.19. The number of oxazole rings is 1. The highest BCUT2D eigenvalue weighted by Crippen LogP contribution is 2.26. The van der Waals surface area contributed by atoms with E-state index in [2.05, 4.69) is 10.3 Å². The topological polar surface area (TPSA) is 98.5 Å². The highest BCUT2D eigenvalue weighted by Gasteiger charge is 2.23. The van der Waals surface area contributed by atoms with Crippen LogP contribution in [0.5, 0.6) is 5.75 Å². The van der Waals surface area contributed by atoms with Crippen LogP contribution in [0.4, 0.5) is 5.69 Å². The van der Waals surface area contributed by atoms with Crippen LogP contribution in [0.2, 0.25) is 0 Å². The van der Waals surface area contributed by atoms with Gasteiger partial charge in [-0.05, 0) is 57.0 Å². The summed E-state index contributed by atoms with van der Waals surface area (Å²) < 4.78 is 36.2. The Labute approximate surface area is 182 Å². The molecule has 164 valence electrons. The third kappa shape index (κ3) is 5.52. The minimum absolute atomic E-state index is 0.285. The molecule has 8 heteroatoms. The van der Waals surface area contributed by atoms with Gasteiger partial charge >= 0.3 is 0 Å². The quantitative estimate of drug-likeness (QED) is 0.591. The van der Waals surface area contributed by atoms with Gasteiger partial charge in [0.1, 0.15) is 17.3 Å². The molecule has 0 spiro atoms. The van der Waals surface area contributed by atoms with E-state index in [0.29, 0.717) is 28.7 Å². The number of nitrogens with zero attached hydrogens (tertiary/aromatic N) is 1. The molecule has 0 aliphatic rings. The number of methoxy groups -OCH3 is 1. The van der Waals surface area contributed by atoms with Gasteiger partial charge in [-0.3, -0.25) is 4.79 Å². The van der Waals surface area contributed by atoms with E-state index >= 15 is 0 Å². The first-order valence-corrected chi connectivity index (χ1v) is 11.6. The van der Waals surface area contributed by atoms with Crippen LogP contribution in [-0.2, 0) is 20.4 Å². The number of carbonyl (C=O) groups excluding carboxylic acids is 1. The van der Waals surface area contributed by atoms with Crippen molar-refractivity contribution in [2.45, 2.75) is 33.4 Å². The number of carbonyl (C=O) groups is 1. The van der Waals surface area contributed by atoms with Gasteiger partial charge in [0, 0.05) is 11.3 Å². The minimum atomic E-state index is -3.75. The monoisotopic (exact) mass is 442 g/mol. The minimum Gasteiger partial charge on any atom is -0.497 e. The Morgan fingerprint density at radius 1 is 1.10 bits per heavy atom. The van der Waals surface area contributed by atoms with Crippen molar-refractivity contribution >= 4 is 21.4 Å². The molecule has 1 heterocycles. The van der Waals surface area contributed by atoms with E-state index in [1.165, 1.54) is 0 Å². The predicted octanol–water partition coefficient (Wildman–Crippen LogP) is 4.14. The molecular weight excluding hydrogens is 416 g/mol. The number of rotatable bonds is 7. The summed E-state index contributed by atoms with van der Waals surface area (Å²) in [5.74, 6) is -0.263. The molecular formula is C23H26N2O5S. The van der Waals surface area contributed by atoms with E-state index in [9.17, 15) is 13.2 Å². The molecule has 0 fully saturated rings. The molecule has 2 aromatic carbocycles. The Bertz CT molecular complexity index is 1210. The lowest BCUT2D eigenvalue weighted by atomic mass is 10.1. The fourth-order valence-corrected chi connectivity index (χ4v) is 4.71. The zero-order chi connectivity index (χ0) is 22.8. The SMILES string of the molecule is COc1cccc(-c2nc(CS(=O)(=O)CC(=O)Nc3c(C)cc(C)cc3C)c(C)o2)c1. The number of nitrogens with one attached hydrogen (secondary N) is 1. The number of hydrogen-bond acceptors (Lipinski definition) is 6. The van der Waals surface area contributed by atoms with Crippen molar-refractivity contribution in [3.8, 4) is 17.2 Å². The molecule has 31 heavy (non-hydrogen) atoms. The number of aryl methyl sites for hydroxylation is 4. The van der Waals surface area contributed by atoms with Crippen LogP contribution in [0.25, 0.3) is 11.5 Å². The zero-order valence-electron chi connectivity index (χ0n) is 18.3. The zero-order valence-corrected chi connectivity index (χ0v) is 19.1. The maximum absolute atomic E-state index is 12.7. The van der Waals surface area contributed by atoms with E-state index < -0.39 is 21.5 Å². The summed E-state index contributed by atoms with van der Waals surface area (Å²) in [5, 5.41) is 2.73. The molecule has 0 atom stereocenters. The van der Waals surface area contributed by atoms with E-state index in [0.717, 1.165) is 16.7 Å². The number of sulfone groups is 1. The average Bonchev–Trinajstić information content (AvgIpc) is 3.04. The molecule has 3 aromatic rings. The van der Waals surface area contributed by atoms with Gasteiger partial charge in [0.15, 0.2) is 9.84 Å². The van der Waals surface area contributed by atoms with E-state index in [1.54, 1.807) is 38.3 Å². The highest BCUT2D eigenvalue weighted by molar-refractivity contribution is 7.91. The van der Waals surface area contributed by atoms with Gasteiger partial charge < -0.3 is 14.5 Å². The predicted molar refractivity (Wildman–Crippen MR) is 120 cm³/mol. The average molecular weight is 443 g/mol. The second-order valence-electron chi connectivity index (χ2n) is 7.61. The Kier molecular flexibility index (Phi) is 6.50. The number of hydrogen-bond donors (Lipinski definition) is 1. The maximum Gasteiger partial charge on any atom is 0.239 e. The first kappa shape index (κ1) is 22.6. The summed E-state index contributed by atoms with van der Waals surface area (Å²) in [6.45, 7) is 7.38. The summed E-state index contributed by atoms with van der Waals surface area (Å²) in [4.78, 5) is 16.8. The third-order valence-corrected chi connectivity index (χ3v) is 6.27. The Balaban J connectivity index is 1.74. The van der Waals surface area contributed by atoms with Crippen molar-refractivity contribution < 1.29 is 22.4 Å². The van der Waals surface area contributed by atoms with E-state index in [-0.39, 0.29) is 11.4 Å². The van der Waals surface area contributed by atoms with Crippen LogP contribution in [0, 0.1) is 27.7 Å². The summed E-state index contributed by atoms with van der Waals surface area (Å²) >= 11 is 0. The molecule has 0 bridgehead atoms. The van der Waals surface area contributed by atoms with Crippen molar-refractivity contribution in [1.82, 2.24) is 4.98 Å². The standard InChI is InChI=1S/C23H26N2O5S/c1-14-9-15(2)22(16(3)10-14)25-21(26)13-31(27,28)12-20-17(4)30-23(24-20)18-7-6-8-19(11-18)29-5/h6-11H,12-13H2,1-5H3,(H,25,26). The van der Waals surface area contributed by atoms with Gasteiger partial charge in [-0.1, -0.05) is 23.8 Å². The second kappa shape index (κ2) is 8.93. The smallest absolute Gasteiger partial charge is 0.239 e. The van der Waals surface area contributed by atoms with Crippen molar-refractivity contribution in [2.75, 3.05) is 18.2 Å². The number of benzene rings is 2. The molecule has 1 N–H and O–H groups in total. The first-order valence-electron chi connectivity index (χ1n) is 9.77. The normalized spacial score (nSPS) is 11.4. The molecule has 7 nitrogen and oxygen atoms in total. The Hall–Kier alpha value is -3.13. The fourth-order valence-electron chi connectivity index (χ4n) is 3.45. The van der Waals surface area contributed by atoms with Crippen molar-refractivity contribution in [3.05, 3.63) is 64.5 Å². The third-order valence-electron chi connectivity index (χ3n) is 4.86. The number of anilines is 1. The second-order valence-corrected chi connectivity index (χ2v) is 9.67. The van der Waals surface area contributed by atoms with Crippen molar-refractivity contribution in [3.63, 3.8) is 0 Å². The van der Waals surface area contributed by atoms with Gasteiger partial charge in [0.2, 0.25) is 11.8 Å². The summed E-state index contributed by atoms with van der Waals surface area (Å²) in [5.41, 5.74) is 4.46. The van der Waals surface area contributed by atoms with E-state index in [4.69, 9.17) is 9.15 Å². The number of amides is 1. The summed E-state index contributed by atoms with van der Waals surface area (Å²) in [6, 6.07) is 11.0. The molecule has 1 aromatic heterocycles. The van der Waals surface area contributed by atoms with Crippen LogP contribution >= 0.6 is 0 Å². The van der Waals surface area contributed by atoms with Crippen molar-refractivity contribution in [2.24, 2.45) is 0 Å². The highest BCUT2D eigenvalue weighted by atomic mass is 32.2. The Morgan fingerprint density at radius 3 is 2.42 bits per heavy atom. The van der Waals surface area contributed by atoms with Crippen molar-refractivity contribution in [1.29, 1.82) is 0 Å².